The lowest BCUT2D eigenvalue weighted by Gasteiger charge is -2.43. The van der Waals surface area contributed by atoms with Crippen molar-refractivity contribution in [3.05, 3.63) is 60.2 Å². The largest absolute Gasteiger partial charge is 0.339 e. The van der Waals surface area contributed by atoms with Crippen molar-refractivity contribution in [1.82, 2.24) is 19.6 Å². The van der Waals surface area contributed by atoms with Crippen molar-refractivity contribution in [3.63, 3.8) is 0 Å². The highest BCUT2D eigenvalue weighted by molar-refractivity contribution is 5.97. The Labute approximate surface area is 235 Å². The summed E-state index contributed by atoms with van der Waals surface area (Å²) in [5.41, 5.74) is 2.00. The van der Waals surface area contributed by atoms with Crippen molar-refractivity contribution in [2.45, 2.75) is 38.6 Å². The molecule has 5 amide bonds. The highest BCUT2D eigenvalue weighted by Gasteiger charge is 2.54. The fraction of sp³-hybridized carbons (Fsp3) is 0.467. The minimum atomic E-state index is -0.812. The van der Waals surface area contributed by atoms with Gasteiger partial charge in [0.2, 0.25) is 11.8 Å². The molecule has 10 nitrogen and oxygen atoms in total. The third-order valence-corrected chi connectivity index (χ3v) is 8.50. The number of likely N-dealkylation sites (tertiary alicyclic amines) is 1. The first-order chi connectivity index (χ1) is 19.3. The fourth-order valence-corrected chi connectivity index (χ4v) is 6.08. The molecule has 0 aliphatic carbocycles. The van der Waals surface area contributed by atoms with Gasteiger partial charge in [0, 0.05) is 57.6 Å². The quantitative estimate of drug-likeness (QED) is 0.622. The summed E-state index contributed by atoms with van der Waals surface area (Å²) in [5, 5.41) is 3.05. The van der Waals surface area contributed by atoms with Crippen LogP contribution < -0.4 is 10.2 Å². The van der Waals surface area contributed by atoms with Crippen LogP contribution in [0.5, 0.6) is 0 Å². The van der Waals surface area contributed by atoms with E-state index in [1.165, 1.54) is 6.92 Å². The smallest absolute Gasteiger partial charge is 0.321 e. The molecule has 3 heterocycles. The SMILES string of the molecule is CCc1ccccc1NC(=O)N1CCC2(CC1)C(=O)N(CC(=O)N1CCN(C(C)=O)CC1)CN2c1ccccc1. The molecule has 1 spiro atoms. The number of carbonyl (C=O) groups is 4. The predicted molar refractivity (Wildman–Crippen MR) is 153 cm³/mol. The van der Waals surface area contributed by atoms with Gasteiger partial charge in [0.15, 0.2) is 0 Å². The zero-order valence-corrected chi connectivity index (χ0v) is 23.3. The number of amides is 5. The molecule has 2 aromatic carbocycles. The van der Waals surface area contributed by atoms with Crippen LogP contribution in [-0.2, 0) is 20.8 Å². The van der Waals surface area contributed by atoms with Crippen LogP contribution in [0.1, 0.15) is 32.3 Å². The molecule has 0 aromatic heterocycles. The summed E-state index contributed by atoms with van der Waals surface area (Å²) >= 11 is 0. The van der Waals surface area contributed by atoms with Crippen molar-refractivity contribution in [2.75, 3.05) is 62.7 Å². The lowest BCUT2D eigenvalue weighted by molar-refractivity contribution is -0.143. The average Bonchev–Trinajstić information content (AvgIpc) is 3.24. The molecular formula is C30H38N6O4. The van der Waals surface area contributed by atoms with Gasteiger partial charge in [-0.25, -0.2) is 4.79 Å². The van der Waals surface area contributed by atoms with Gasteiger partial charge in [-0.05, 0) is 43.0 Å². The van der Waals surface area contributed by atoms with Crippen LogP contribution in [0, 0.1) is 0 Å². The summed E-state index contributed by atoms with van der Waals surface area (Å²) in [6, 6.07) is 17.4. The van der Waals surface area contributed by atoms with E-state index in [-0.39, 0.29) is 30.3 Å². The van der Waals surface area contributed by atoms with E-state index in [0.29, 0.717) is 58.8 Å². The number of piperazine rings is 1. The number of rotatable bonds is 5. The first-order valence-corrected chi connectivity index (χ1v) is 14.1. The molecule has 5 rings (SSSR count). The van der Waals surface area contributed by atoms with Crippen LogP contribution >= 0.6 is 0 Å². The number of urea groups is 1. The topological polar surface area (TPSA) is 96.5 Å². The van der Waals surface area contributed by atoms with Crippen molar-refractivity contribution in [2.24, 2.45) is 0 Å². The van der Waals surface area contributed by atoms with Gasteiger partial charge < -0.3 is 29.8 Å². The molecule has 0 radical (unpaired) electrons. The van der Waals surface area contributed by atoms with Gasteiger partial charge in [0.1, 0.15) is 12.1 Å². The van der Waals surface area contributed by atoms with E-state index in [9.17, 15) is 19.2 Å². The van der Waals surface area contributed by atoms with Gasteiger partial charge in [-0.15, -0.1) is 0 Å². The minimum absolute atomic E-state index is 0.00197. The molecule has 10 heteroatoms. The van der Waals surface area contributed by atoms with Crippen LogP contribution in [0.25, 0.3) is 0 Å². The van der Waals surface area contributed by atoms with Gasteiger partial charge in [0.25, 0.3) is 5.91 Å². The molecular weight excluding hydrogens is 508 g/mol. The minimum Gasteiger partial charge on any atom is -0.339 e. The Morgan fingerprint density at radius 2 is 1.45 bits per heavy atom. The van der Waals surface area contributed by atoms with E-state index in [1.54, 1.807) is 19.6 Å². The summed E-state index contributed by atoms with van der Waals surface area (Å²) in [7, 11) is 0. The van der Waals surface area contributed by atoms with E-state index in [0.717, 1.165) is 23.4 Å². The van der Waals surface area contributed by atoms with E-state index in [4.69, 9.17) is 0 Å². The maximum atomic E-state index is 14.0. The monoisotopic (exact) mass is 546 g/mol. The zero-order chi connectivity index (χ0) is 28.3. The van der Waals surface area contributed by atoms with E-state index >= 15 is 0 Å². The third kappa shape index (κ3) is 5.35. The van der Waals surface area contributed by atoms with Crippen molar-refractivity contribution >= 4 is 35.1 Å². The summed E-state index contributed by atoms with van der Waals surface area (Å²) in [6.45, 7) is 6.75. The number of aryl methyl sites for hydroxylation is 1. The molecule has 0 saturated carbocycles. The molecule has 3 fully saturated rings. The first kappa shape index (κ1) is 27.5. The van der Waals surface area contributed by atoms with Gasteiger partial charge in [-0.1, -0.05) is 43.3 Å². The molecule has 3 saturated heterocycles. The summed E-state index contributed by atoms with van der Waals surface area (Å²) in [5.74, 6) is -0.159. The highest BCUT2D eigenvalue weighted by atomic mass is 16.2. The highest BCUT2D eigenvalue weighted by Crippen LogP contribution is 2.39. The summed E-state index contributed by atoms with van der Waals surface area (Å²) in [4.78, 5) is 61.1. The second kappa shape index (κ2) is 11.6. The third-order valence-electron chi connectivity index (χ3n) is 8.50. The average molecular weight is 547 g/mol. The molecule has 40 heavy (non-hydrogen) atoms. The molecule has 2 aromatic rings. The van der Waals surface area contributed by atoms with Crippen molar-refractivity contribution < 1.29 is 19.2 Å². The number of piperidine rings is 1. The van der Waals surface area contributed by atoms with Gasteiger partial charge in [-0.2, -0.15) is 0 Å². The molecule has 0 bridgehead atoms. The molecule has 3 aliphatic rings. The number of benzene rings is 2. The molecule has 0 unspecified atom stereocenters. The number of nitrogens with one attached hydrogen (secondary N) is 1. The number of nitrogens with zero attached hydrogens (tertiary/aromatic N) is 5. The summed E-state index contributed by atoms with van der Waals surface area (Å²) < 4.78 is 0. The second-order valence-corrected chi connectivity index (χ2v) is 10.8. The van der Waals surface area contributed by atoms with Crippen LogP contribution in [0.3, 0.4) is 0 Å². The number of hydrogen-bond acceptors (Lipinski definition) is 5. The Bertz CT molecular complexity index is 1250. The second-order valence-electron chi connectivity index (χ2n) is 10.8. The lowest BCUT2D eigenvalue weighted by Crippen LogP contribution is -2.58. The number of para-hydroxylation sites is 2. The Morgan fingerprint density at radius 1 is 0.825 bits per heavy atom. The van der Waals surface area contributed by atoms with Gasteiger partial charge in [0.05, 0.1) is 6.67 Å². The van der Waals surface area contributed by atoms with Crippen LogP contribution in [0.4, 0.5) is 16.2 Å². The maximum absolute atomic E-state index is 14.0. The van der Waals surface area contributed by atoms with Crippen LogP contribution in [-0.4, -0.2) is 101 Å². The van der Waals surface area contributed by atoms with E-state index in [1.807, 2.05) is 54.6 Å². The Kier molecular flexibility index (Phi) is 7.95. The zero-order valence-electron chi connectivity index (χ0n) is 23.3. The van der Waals surface area contributed by atoms with Crippen molar-refractivity contribution in [3.8, 4) is 0 Å². The van der Waals surface area contributed by atoms with Crippen molar-refractivity contribution in [1.29, 1.82) is 0 Å². The Hall–Kier alpha value is -4.08. The molecule has 3 aliphatic heterocycles. The molecule has 1 N–H and O–H groups in total. The van der Waals surface area contributed by atoms with Gasteiger partial charge >= 0.3 is 6.03 Å². The maximum Gasteiger partial charge on any atom is 0.321 e. The lowest BCUT2D eigenvalue weighted by atomic mass is 9.85. The molecule has 212 valence electrons. The standard InChI is InChI=1S/C30H38N6O4/c1-3-24-9-7-8-12-26(24)31-29(40)34-15-13-30(14-16-34)28(39)35(22-36(30)25-10-5-4-6-11-25)21-27(38)33-19-17-32(18-20-33)23(2)37/h4-12H,3,13-22H2,1-2H3,(H,31,40). The van der Waals surface area contributed by atoms with Gasteiger partial charge in [-0.3, -0.25) is 14.4 Å². The molecule has 0 atom stereocenters. The normalized spacial score (nSPS) is 18.9. The van der Waals surface area contributed by atoms with E-state index in [2.05, 4.69) is 17.1 Å². The van der Waals surface area contributed by atoms with Crippen LogP contribution in [0.15, 0.2) is 54.6 Å². The Balaban J connectivity index is 1.28. The summed E-state index contributed by atoms with van der Waals surface area (Å²) in [6.07, 6.45) is 1.78. The van der Waals surface area contributed by atoms with E-state index < -0.39 is 5.54 Å². The fourth-order valence-electron chi connectivity index (χ4n) is 6.08. The number of carbonyl (C=O) groups excluding carboxylic acids is 4. The number of anilines is 2. The first-order valence-electron chi connectivity index (χ1n) is 14.1. The van der Waals surface area contributed by atoms with Crippen LogP contribution in [0.2, 0.25) is 0 Å². The number of hydrogen-bond donors (Lipinski definition) is 1. The predicted octanol–water partition coefficient (Wildman–Crippen LogP) is 2.61. The Morgan fingerprint density at radius 3 is 2.10 bits per heavy atom.